The van der Waals surface area contributed by atoms with Crippen molar-refractivity contribution in [1.29, 1.82) is 0 Å². The average Bonchev–Trinajstić information content (AvgIpc) is 2.71. The van der Waals surface area contributed by atoms with E-state index in [0.29, 0.717) is 0 Å². The first kappa shape index (κ1) is 5.89. The summed E-state index contributed by atoms with van der Waals surface area (Å²) in [5, 5.41) is 4.45. The summed E-state index contributed by atoms with van der Waals surface area (Å²) in [6.45, 7) is 0. The van der Waals surface area contributed by atoms with Crippen molar-refractivity contribution < 1.29 is 8.83 Å². The van der Waals surface area contributed by atoms with E-state index in [0.717, 1.165) is 21.5 Å². The van der Waals surface area contributed by atoms with Crippen LogP contribution in [0, 0.1) is 0 Å². The maximum atomic E-state index is 5.10. The second-order valence-corrected chi connectivity index (χ2v) is 2.81. The van der Waals surface area contributed by atoms with Gasteiger partial charge in [-0.15, -0.1) is 0 Å². The Morgan fingerprint density at radius 3 is 1.67 bits per heavy atom. The van der Waals surface area contributed by atoms with Gasteiger partial charge in [0.2, 0.25) is 0 Å². The predicted octanol–water partition coefficient (Wildman–Crippen LogP) is 3.18. The van der Waals surface area contributed by atoms with Gasteiger partial charge in [-0.1, -0.05) is 12.1 Å². The van der Waals surface area contributed by atoms with Gasteiger partial charge in [0.1, 0.15) is 0 Å². The standard InChI is InChI=1S/C10H6O2/c1-2-8-4-12-6-10(8)9-5-11-3-7(1)9/h1-6H. The van der Waals surface area contributed by atoms with E-state index in [1.165, 1.54) is 0 Å². The Labute approximate surface area is 68.4 Å². The number of furan rings is 2. The molecule has 12 heavy (non-hydrogen) atoms. The third-order valence-electron chi connectivity index (χ3n) is 2.12. The van der Waals surface area contributed by atoms with E-state index in [4.69, 9.17) is 8.83 Å². The van der Waals surface area contributed by atoms with Crippen LogP contribution in [0.15, 0.2) is 46.0 Å². The fourth-order valence-corrected chi connectivity index (χ4v) is 1.49. The van der Waals surface area contributed by atoms with Crippen LogP contribution >= 0.6 is 0 Å². The zero-order chi connectivity index (χ0) is 7.97. The van der Waals surface area contributed by atoms with Gasteiger partial charge in [0.25, 0.3) is 0 Å². The number of rotatable bonds is 0. The Hall–Kier alpha value is -1.70. The molecular weight excluding hydrogens is 152 g/mol. The molecule has 0 spiro atoms. The van der Waals surface area contributed by atoms with Crippen LogP contribution in [0.2, 0.25) is 0 Å². The number of benzene rings is 1. The Morgan fingerprint density at radius 1 is 0.667 bits per heavy atom. The first-order chi connectivity index (χ1) is 5.95. The third-order valence-corrected chi connectivity index (χ3v) is 2.12. The van der Waals surface area contributed by atoms with Crippen LogP contribution in [0.1, 0.15) is 0 Å². The largest absolute Gasteiger partial charge is 0.471 e. The molecule has 2 heterocycles. The first-order valence-electron chi connectivity index (χ1n) is 3.76. The highest BCUT2D eigenvalue weighted by atomic mass is 16.3. The van der Waals surface area contributed by atoms with Crippen LogP contribution in [0.3, 0.4) is 0 Å². The first-order valence-corrected chi connectivity index (χ1v) is 3.76. The van der Waals surface area contributed by atoms with E-state index in [-0.39, 0.29) is 0 Å². The molecule has 0 saturated heterocycles. The minimum atomic E-state index is 1.11. The van der Waals surface area contributed by atoms with Crippen LogP contribution in [0.5, 0.6) is 0 Å². The van der Waals surface area contributed by atoms with Gasteiger partial charge in [-0.2, -0.15) is 0 Å². The SMILES string of the molecule is c1cc2cocc2c2cocc12. The van der Waals surface area contributed by atoms with Gasteiger partial charge in [-0.25, -0.2) is 0 Å². The molecule has 3 aromatic rings. The maximum absolute atomic E-state index is 5.10. The minimum Gasteiger partial charge on any atom is -0.471 e. The number of fused-ring (bicyclic) bond motifs is 3. The molecule has 0 aliphatic heterocycles. The fourth-order valence-electron chi connectivity index (χ4n) is 1.49. The second kappa shape index (κ2) is 1.91. The van der Waals surface area contributed by atoms with Gasteiger partial charge >= 0.3 is 0 Å². The normalized spacial score (nSPS) is 11.3. The molecule has 0 amide bonds. The molecule has 3 rings (SSSR count). The van der Waals surface area contributed by atoms with Gasteiger partial charge in [-0.3, -0.25) is 0 Å². The lowest BCUT2D eigenvalue weighted by atomic mass is 10.1. The summed E-state index contributed by atoms with van der Waals surface area (Å²) >= 11 is 0. The molecule has 2 heteroatoms. The summed E-state index contributed by atoms with van der Waals surface area (Å²) in [6.07, 6.45) is 6.96. The van der Waals surface area contributed by atoms with Gasteiger partial charge in [0, 0.05) is 21.5 Å². The fraction of sp³-hybridized carbons (Fsp3) is 0. The van der Waals surface area contributed by atoms with Crippen molar-refractivity contribution >= 4 is 21.5 Å². The van der Waals surface area contributed by atoms with E-state index < -0.39 is 0 Å². The summed E-state index contributed by atoms with van der Waals surface area (Å²) in [5.74, 6) is 0. The molecule has 2 nitrogen and oxygen atoms in total. The van der Waals surface area contributed by atoms with Crippen molar-refractivity contribution in [2.45, 2.75) is 0 Å². The Balaban J connectivity index is 2.71. The number of hydrogen-bond donors (Lipinski definition) is 0. The Morgan fingerprint density at radius 2 is 1.17 bits per heavy atom. The van der Waals surface area contributed by atoms with Crippen LogP contribution in [0.4, 0.5) is 0 Å². The molecule has 0 aliphatic rings. The van der Waals surface area contributed by atoms with E-state index in [2.05, 4.69) is 0 Å². The molecule has 0 unspecified atom stereocenters. The molecule has 1 aromatic carbocycles. The van der Waals surface area contributed by atoms with E-state index in [1.807, 2.05) is 12.1 Å². The van der Waals surface area contributed by atoms with Crippen LogP contribution in [0.25, 0.3) is 21.5 Å². The van der Waals surface area contributed by atoms with Gasteiger partial charge in [0.15, 0.2) is 0 Å². The predicted molar refractivity (Wildman–Crippen MR) is 46.0 cm³/mol. The lowest BCUT2D eigenvalue weighted by Gasteiger charge is -1.87. The van der Waals surface area contributed by atoms with E-state index in [1.54, 1.807) is 25.1 Å². The number of hydrogen-bond acceptors (Lipinski definition) is 2. The smallest absolute Gasteiger partial charge is 0.0988 e. The molecule has 0 atom stereocenters. The Kier molecular flexibility index (Phi) is 0.939. The van der Waals surface area contributed by atoms with Crippen molar-refractivity contribution in [3.8, 4) is 0 Å². The molecular formula is C10H6O2. The summed E-state index contributed by atoms with van der Waals surface area (Å²) in [5.41, 5.74) is 0. The van der Waals surface area contributed by atoms with E-state index in [9.17, 15) is 0 Å². The van der Waals surface area contributed by atoms with Crippen molar-refractivity contribution in [2.24, 2.45) is 0 Å². The average molecular weight is 158 g/mol. The highest BCUT2D eigenvalue weighted by molar-refractivity contribution is 6.06. The minimum absolute atomic E-state index is 1.11. The van der Waals surface area contributed by atoms with Crippen molar-refractivity contribution in [3.05, 3.63) is 37.2 Å². The zero-order valence-corrected chi connectivity index (χ0v) is 6.28. The van der Waals surface area contributed by atoms with Crippen LogP contribution in [-0.2, 0) is 0 Å². The van der Waals surface area contributed by atoms with Crippen molar-refractivity contribution in [3.63, 3.8) is 0 Å². The molecule has 0 N–H and O–H groups in total. The summed E-state index contributed by atoms with van der Waals surface area (Å²) < 4.78 is 10.2. The highest BCUT2D eigenvalue weighted by Gasteiger charge is 2.02. The zero-order valence-electron chi connectivity index (χ0n) is 6.28. The summed E-state index contributed by atoms with van der Waals surface area (Å²) in [7, 11) is 0. The second-order valence-electron chi connectivity index (χ2n) is 2.81. The van der Waals surface area contributed by atoms with Crippen molar-refractivity contribution in [2.75, 3.05) is 0 Å². The molecule has 0 bridgehead atoms. The summed E-state index contributed by atoms with van der Waals surface area (Å²) in [4.78, 5) is 0. The molecule has 0 aliphatic carbocycles. The molecule has 0 saturated carbocycles. The van der Waals surface area contributed by atoms with Crippen LogP contribution in [-0.4, -0.2) is 0 Å². The highest BCUT2D eigenvalue weighted by Crippen LogP contribution is 2.26. The third kappa shape index (κ3) is 0.593. The van der Waals surface area contributed by atoms with Gasteiger partial charge < -0.3 is 8.83 Å². The molecule has 58 valence electrons. The van der Waals surface area contributed by atoms with Crippen molar-refractivity contribution in [1.82, 2.24) is 0 Å². The van der Waals surface area contributed by atoms with E-state index >= 15 is 0 Å². The van der Waals surface area contributed by atoms with Gasteiger partial charge in [0.05, 0.1) is 25.1 Å². The van der Waals surface area contributed by atoms with Gasteiger partial charge in [-0.05, 0) is 0 Å². The molecule has 0 radical (unpaired) electrons. The van der Waals surface area contributed by atoms with Crippen LogP contribution < -0.4 is 0 Å². The maximum Gasteiger partial charge on any atom is 0.0988 e. The lowest BCUT2D eigenvalue weighted by Crippen LogP contribution is -1.64. The Bertz CT molecular complexity index is 481. The molecule has 0 fully saturated rings. The quantitative estimate of drug-likeness (QED) is 0.502. The topological polar surface area (TPSA) is 26.3 Å². The summed E-state index contributed by atoms with van der Waals surface area (Å²) in [6, 6.07) is 4.05. The monoisotopic (exact) mass is 158 g/mol. The molecule has 2 aromatic heterocycles. The lowest BCUT2D eigenvalue weighted by molar-refractivity contribution is 0.570.